The molecule has 1 aliphatic heterocycles. The van der Waals surface area contributed by atoms with Crippen LogP contribution in [0.25, 0.3) is 0 Å². The van der Waals surface area contributed by atoms with Gasteiger partial charge < -0.3 is 14.4 Å². The number of hydrogen-bond acceptors (Lipinski definition) is 4. The van der Waals surface area contributed by atoms with Gasteiger partial charge in [0.1, 0.15) is 5.78 Å². The standard InChI is InChI=1S/C25H33NO3/c1-20(26(2)3)19-25(21-11-6-4-7-12-21,22-13-8-5-9-14-22)23(27)15-16-24-28-17-10-18-29-24/h4-9,11-14,20,24H,10,15-19H2,1-3H3/t20-/m1/s1. The Morgan fingerprint density at radius 3 is 2.00 bits per heavy atom. The number of ketones is 1. The lowest BCUT2D eigenvalue weighted by atomic mass is 9.66. The van der Waals surface area contributed by atoms with E-state index in [1.165, 1.54) is 0 Å². The SMILES string of the molecule is C[C@H](CC(C(=O)CCC1OCCCO1)(c1ccccc1)c1ccccc1)N(C)C. The Hall–Kier alpha value is -2.01. The van der Waals surface area contributed by atoms with Crippen molar-refractivity contribution in [3.8, 4) is 0 Å². The molecular weight excluding hydrogens is 362 g/mol. The van der Waals surface area contributed by atoms with Gasteiger partial charge in [0.25, 0.3) is 0 Å². The highest BCUT2D eigenvalue weighted by Crippen LogP contribution is 2.40. The van der Waals surface area contributed by atoms with Crippen molar-refractivity contribution in [3.05, 3.63) is 71.8 Å². The average Bonchev–Trinajstić information content (AvgIpc) is 2.77. The van der Waals surface area contributed by atoms with Crippen LogP contribution in [0.4, 0.5) is 0 Å². The summed E-state index contributed by atoms with van der Waals surface area (Å²) in [5.74, 6) is 0.223. The molecule has 156 valence electrons. The molecular formula is C25H33NO3. The minimum absolute atomic E-state index is 0.223. The van der Waals surface area contributed by atoms with Gasteiger partial charge in [0.05, 0.1) is 18.6 Å². The van der Waals surface area contributed by atoms with Crippen LogP contribution in [-0.4, -0.2) is 50.3 Å². The second-order valence-electron chi connectivity index (χ2n) is 8.14. The van der Waals surface area contributed by atoms with Crippen LogP contribution in [0.5, 0.6) is 0 Å². The minimum atomic E-state index is -0.694. The zero-order valence-corrected chi connectivity index (χ0v) is 17.8. The van der Waals surface area contributed by atoms with Gasteiger partial charge in [0.15, 0.2) is 6.29 Å². The Morgan fingerprint density at radius 1 is 1.00 bits per heavy atom. The molecule has 1 heterocycles. The van der Waals surface area contributed by atoms with Gasteiger partial charge in [-0.3, -0.25) is 4.79 Å². The number of carbonyl (C=O) groups excluding carboxylic acids is 1. The third kappa shape index (κ3) is 5.13. The van der Waals surface area contributed by atoms with Crippen molar-refractivity contribution in [2.75, 3.05) is 27.3 Å². The molecule has 1 atom stereocenters. The van der Waals surface area contributed by atoms with Gasteiger partial charge in [-0.15, -0.1) is 0 Å². The molecule has 0 N–H and O–H groups in total. The summed E-state index contributed by atoms with van der Waals surface area (Å²) in [4.78, 5) is 16.1. The van der Waals surface area contributed by atoms with E-state index in [2.05, 4.69) is 50.2 Å². The third-order valence-electron chi connectivity index (χ3n) is 6.00. The van der Waals surface area contributed by atoms with E-state index < -0.39 is 5.41 Å². The van der Waals surface area contributed by atoms with Gasteiger partial charge in [0.2, 0.25) is 0 Å². The molecule has 4 nitrogen and oxygen atoms in total. The van der Waals surface area contributed by atoms with Gasteiger partial charge in [-0.25, -0.2) is 0 Å². The van der Waals surface area contributed by atoms with E-state index in [1.807, 2.05) is 36.4 Å². The summed E-state index contributed by atoms with van der Waals surface area (Å²) in [5, 5.41) is 0. The quantitative estimate of drug-likeness (QED) is 0.630. The molecule has 0 spiro atoms. The molecule has 1 fully saturated rings. The molecule has 0 radical (unpaired) electrons. The molecule has 0 unspecified atom stereocenters. The second-order valence-corrected chi connectivity index (χ2v) is 8.14. The number of benzene rings is 2. The fourth-order valence-corrected chi connectivity index (χ4v) is 4.07. The molecule has 3 rings (SSSR count). The van der Waals surface area contributed by atoms with Gasteiger partial charge in [-0.2, -0.15) is 0 Å². The van der Waals surface area contributed by atoms with Crippen LogP contribution >= 0.6 is 0 Å². The largest absolute Gasteiger partial charge is 0.353 e. The van der Waals surface area contributed by atoms with Crippen molar-refractivity contribution in [2.24, 2.45) is 0 Å². The van der Waals surface area contributed by atoms with Crippen LogP contribution in [0, 0.1) is 0 Å². The molecule has 2 aromatic carbocycles. The van der Waals surface area contributed by atoms with E-state index in [0.29, 0.717) is 26.1 Å². The van der Waals surface area contributed by atoms with Crippen molar-refractivity contribution < 1.29 is 14.3 Å². The average molecular weight is 396 g/mol. The van der Waals surface area contributed by atoms with E-state index >= 15 is 0 Å². The first-order valence-corrected chi connectivity index (χ1v) is 10.6. The van der Waals surface area contributed by atoms with Gasteiger partial charge in [-0.05, 0) is 45.0 Å². The van der Waals surface area contributed by atoms with Gasteiger partial charge >= 0.3 is 0 Å². The normalized spacial score (nSPS) is 16.7. The minimum Gasteiger partial charge on any atom is -0.353 e. The number of hydrogen-bond donors (Lipinski definition) is 0. The smallest absolute Gasteiger partial charge is 0.157 e. The Bertz CT molecular complexity index is 715. The van der Waals surface area contributed by atoms with Crippen molar-refractivity contribution in [1.29, 1.82) is 0 Å². The highest BCUT2D eigenvalue weighted by atomic mass is 16.7. The Morgan fingerprint density at radius 2 is 1.52 bits per heavy atom. The summed E-state index contributed by atoms with van der Waals surface area (Å²) in [5.41, 5.74) is 1.41. The summed E-state index contributed by atoms with van der Waals surface area (Å²) in [6.45, 7) is 3.60. The predicted octanol–water partition coefficient (Wildman–Crippen LogP) is 4.43. The first-order chi connectivity index (χ1) is 14.0. The summed E-state index contributed by atoms with van der Waals surface area (Å²) in [6, 6.07) is 20.7. The summed E-state index contributed by atoms with van der Waals surface area (Å²) in [7, 11) is 4.14. The lowest BCUT2D eigenvalue weighted by Gasteiger charge is -2.38. The number of nitrogens with zero attached hydrogens (tertiary/aromatic N) is 1. The lowest BCUT2D eigenvalue weighted by molar-refractivity contribution is -0.182. The lowest BCUT2D eigenvalue weighted by Crippen LogP contribution is -2.43. The van der Waals surface area contributed by atoms with E-state index in [4.69, 9.17) is 9.47 Å². The van der Waals surface area contributed by atoms with Crippen molar-refractivity contribution in [3.63, 3.8) is 0 Å². The Labute approximate surface area is 174 Å². The molecule has 4 heteroatoms. The van der Waals surface area contributed by atoms with Gasteiger partial charge in [-0.1, -0.05) is 60.7 Å². The number of Topliss-reactive ketones (excluding diaryl/α,β-unsaturated/α-hetero) is 1. The summed E-state index contributed by atoms with van der Waals surface area (Å²) in [6.07, 6.45) is 2.39. The van der Waals surface area contributed by atoms with Crippen LogP contribution in [-0.2, 0) is 19.7 Å². The second kappa shape index (κ2) is 10.1. The maximum absolute atomic E-state index is 13.9. The summed E-state index contributed by atoms with van der Waals surface area (Å²) >= 11 is 0. The molecule has 0 aromatic heterocycles. The van der Waals surface area contributed by atoms with E-state index in [1.54, 1.807) is 0 Å². The molecule has 2 aromatic rings. The first-order valence-electron chi connectivity index (χ1n) is 10.6. The van der Waals surface area contributed by atoms with Crippen LogP contribution < -0.4 is 0 Å². The fourth-order valence-electron chi connectivity index (χ4n) is 4.07. The Kier molecular flexibility index (Phi) is 7.59. The number of carbonyl (C=O) groups is 1. The zero-order chi connectivity index (χ0) is 20.7. The fraction of sp³-hybridized carbons (Fsp3) is 0.480. The van der Waals surface area contributed by atoms with Crippen LogP contribution in [0.3, 0.4) is 0 Å². The number of ether oxygens (including phenoxy) is 2. The van der Waals surface area contributed by atoms with E-state index in [-0.39, 0.29) is 18.1 Å². The van der Waals surface area contributed by atoms with Crippen molar-refractivity contribution in [1.82, 2.24) is 4.90 Å². The predicted molar refractivity (Wildman–Crippen MR) is 116 cm³/mol. The van der Waals surface area contributed by atoms with Gasteiger partial charge in [0, 0.05) is 18.9 Å². The molecule has 0 amide bonds. The summed E-state index contributed by atoms with van der Waals surface area (Å²) < 4.78 is 11.4. The van der Waals surface area contributed by atoms with Crippen molar-refractivity contribution in [2.45, 2.75) is 50.4 Å². The molecule has 0 aliphatic carbocycles. The van der Waals surface area contributed by atoms with E-state index in [9.17, 15) is 4.79 Å². The van der Waals surface area contributed by atoms with Crippen LogP contribution in [0.1, 0.15) is 43.7 Å². The first kappa shape index (κ1) is 21.7. The zero-order valence-electron chi connectivity index (χ0n) is 17.8. The Balaban J connectivity index is 1.99. The maximum Gasteiger partial charge on any atom is 0.157 e. The van der Waals surface area contributed by atoms with Crippen LogP contribution in [0.2, 0.25) is 0 Å². The third-order valence-corrected chi connectivity index (χ3v) is 6.00. The number of rotatable bonds is 9. The highest BCUT2D eigenvalue weighted by Gasteiger charge is 2.42. The highest BCUT2D eigenvalue weighted by molar-refractivity contribution is 5.94. The molecule has 0 bridgehead atoms. The van der Waals surface area contributed by atoms with Crippen molar-refractivity contribution >= 4 is 5.78 Å². The van der Waals surface area contributed by atoms with E-state index in [0.717, 1.165) is 24.0 Å². The molecule has 1 aliphatic rings. The maximum atomic E-state index is 13.9. The monoisotopic (exact) mass is 395 g/mol. The molecule has 29 heavy (non-hydrogen) atoms. The molecule has 1 saturated heterocycles. The molecule has 0 saturated carbocycles. The van der Waals surface area contributed by atoms with Crippen LogP contribution in [0.15, 0.2) is 60.7 Å². The topological polar surface area (TPSA) is 38.8 Å².